The summed E-state index contributed by atoms with van der Waals surface area (Å²) in [6, 6.07) is 1.94. The van der Waals surface area contributed by atoms with Crippen LogP contribution < -0.4 is 0 Å². The van der Waals surface area contributed by atoms with Gasteiger partial charge in [-0.1, -0.05) is 26.2 Å². The van der Waals surface area contributed by atoms with E-state index >= 15 is 0 Å². The number of carbonyl (C=O) groups is 2. The quantitative estimate of drug-likeness (QED) is 0.654. The van der Waals surface area contributed by atoms with Gasteiger partial charge in [0.15, 0.2) is 0 Å². The largest absolute Gasteiger partial charge is 0.441 e. The lowest BCUT2D eigenvalue weighted by Crippen LogP contribution is -2.48. The summed E-state index contributed by atoms with van der Waals surface area (Å²) in [5, 5.41) is 4.32. The van der Waals surface area contributed by atoms with Crippen LogP contribution in [0, 0.1) is 6.92 Å². The van der Waals surface area contributed by atoms with Crippen molar-refractivity contribution in [1.29, 1.82) is 0 Å². The Morgan fingerprint density at radius 1 is 1.22 bits per heavy atom. The molecule has 2 saturated heterocycles. The van der Waals surface area contributed by atoms with Gasteiger partial charge in [0.25, 0.3) is 0 Å². The lowest BCUT2D eigenvalue weighted by Gasteiger charge is -2.37. The van der Waals surface area contributed by atoms with Gasteiger partial charge < -0.3 is 14.5 Å². The average molecular weight is 377 g/mol. The van der Waals surface area contributed by atoms with Gasteiger partial charge in [-0.2, -0.15) is 5.10 Å². The second kappa shape index (κ2) is 8.76. The van der Waals surface area contributed by atoms with Crippen LogP contribution in [0.15, 0.2) is 12.3 Å². The number of aromatic nitrogens is 2. The third kappa shape index (κ3) is 5.02. The number of hydrogen-bond donors (Lipinski definition) is 0. The molecule has 2 aliphatic heterocycles. The fourth-order valence-corrected chi connectivity index (χ4v) is 3.97. The number of rotatable bonds is 8. The maximum atomic E-state index is 12.5. The van der Waals surface area contributed by atoms with Crippen LogP contribution in [0.25, 0.3) is 0 Å². The molecular weight excluding hydrogens is 344 g/mol. The maximum absolute atomic E-state index is 12.5. The Bertz CT molecular complexity index is 649. The number of aryl methyl sites for hydroxylation is 2. The zero-order valence-electron chi connectivity index (χ0n) is 16.7. The number of hydrogen-bond acceptors (Lipinski definition) is 4. The first kappa shape index (κ1) is 19.7. The Labute approximate surface area is 161 Å². The molecule has 27 heavy (non-hydrogen) atoms. The molecular formula is C20H32N4O3. The third-order valence-corrected chi connectivity index (χ3v) is 5.68. The van der Waals surface area contributed by atoms with Crippen LogP contribution >= 0.6 is 0 Å². The number of piperidine rings is 1. The molecule has 0 atom stereocenters. The number of unbranched alkanes of at least 4 members (excludes halogenated alkanes) is 3. The summed E-state index contributed by atoms with van der Waals surface area (Å²) in [5.74, 6) is 0.152. The van der Waals surface area contributed by atoms with Gasteiger partial charge in [-0.15, -0.1) is 0 Å². The van der Waals surface area contributed by atoms with Crippen molar-refractivity contribution in [1.82, 2.24) is 19.6 Å². The van der Waals surface area contributed by atoms with Crippen molar-refractivity contribution in [2.75, 3.05) is 26.2 Å². The molecule has 1 aromatic rings. The van der Waals surface area contributed by atoms with Crippen molar-refractivity contribution < 1.29 is 14.3 Å². The summed E-state index contributed by atoms with van der Waals surface area (Å²) in [6.07, 6.45) is 8.25. The average Bonchev–Trinajstić information content (AvgIpc) is 3.20. The smallest absolute Gasteiger partial charge is 0.410 e. The summed E-state index contributed by atoms with van der Waals surface area (Å²) in [5.41, 5.74) is 0.571. The van der Waals surface area contributed by atoms with Gasteiger partial charge in [-0.25, -0.2) is 4.79 Å². The molecule has 0 aromatic carbocycles. The molecule has 2 fully saturated rings. The van der Waals surface area contributed by atoms with Crippen LogP contribution in [0.5, 0.6) is 0 Å². The highest BCUT2D eigenvalue weighted by molar-refractivity contribution is 5.76. The molecule has 0 saturated carbocycles. The van der Waals surface area contributed by atoms with E-state index in [4.69, 9.17) is 4.74 Å². The fraction of sp³-hybridized carbons (Fsp3) is 0.750. The van der Waals surface area contributed by atoms with Crippen molar-refractivity contribution in [3.8, 4) is 0 Å². The molecule has 1 spiro atoms. The lowest BCUT2D eigenvalue weighted by atomic mass is 9.91. The number of amides is 2. The van der Waals surface area contributed by atoms with E-state index in [1.54, 1.807) is 0 Å². The second-order valence-corrected chi connectivity index (χ2v) is 7.88. The van der Waals surface area contributed by atoms with Crippen molar-refractivity contribution in [2.24, 2.45) is 0 Å². The van der Waals surface area contributed by atoms with Crippen molar-refractivity contribution in [2.45, 2.75) is 70.9 Å². The Morgan fingerprint density at radius 3 is 2.67 bits per heavy atom. The van der Waals surface area contributed by atoms with E-state index < -0.39 is 5.60 Å². The topological polar surface area (TPSA) is 67.7 Å². The van der Waals surface area contributed by atoms with Gasteiger partial charge in [-0.05, 0) is 19.4 Å². The number of nitrogens with zero attached hydrogens (tertiary/aromatic N) is 4. The molecule has 0 unspecified atom stereocenters. The third-order valence-electron chi connectivity index (χ3n) is 5.68. The molecule has 2 aliphatic rings. The minimum atomic E-state index is -0.391. The van der Waals surface area contributed by atoms with Crippen molar-refractivity contribution >= 4 is 12.0 Å². The summed E-state index contributed by atoms with van der Waals surface area (Å²) in [7, 11) is 0. The van der Waals surface area contributed by atoms with Crippen LogP contribution in [-0.2, 0) is 16.1 Å². The van der Waals surface area contributed by atoms with Gasteiger partial charge in [0.1, 0.15) is 5.60 Å². The van der Waals surface area contributed by atoms with Crippen LogP contribution in [0.1, 0.15) is 57.6 Å². The molecule has 0 N–H and O–H groups in total. The summed E-state index contributed by atoms with van der Waals surface area (Å²) in [4.78, 5) is 28.4. The van der Waals surface area contributed by atoms with E-state index in [9.17, 15) is 9.59 Å². The highest BCUT2D eigenvalue weighted by atomic mass is 16.6. The number of carbonyl (C=O) groups excluding carboxylic acids is 2. The predicted octanol–water partition coefficient (Wildman–Crippen LogP) is 2.98. The predicted molar refractivity (Wildman–Crippen MR) is 102 cm³/mol. The molecule has 2 amide bonds. The molecule has 3 heterocycles. The normalized spacial score (nSPS) is 19.0. The first-order chi connectivity index (χ1) is 13.0. The minimum absolute atomic E-state index is 0.152. The van der Waals surface area contributed by atoms with Gasteiger partial charge in [-0.3, -0.25) is 9.48 Å². The zero-order chi connectivity index (χ0) is 19.3. The fourth-order valence-electron chi connectivity index (χ4n) is 3.97. The van der Waals surface area contributed by atoms with Crippen LogP contribution in [-0.4, -0.2) is 63.4 Å². The van der Waals surface area contributed by atoms with E-state index in [1.807, 2.05) is 33.7 Å². The molecule has 7 heteroatoms. The van der Waals surface area contributed by atoms with E-state index in [-0.39, 0.29) is 12.0 Å². The van der Waals surface area contributed by atoms with Gasteiger partial charge in [0.2, 0.25) is 5.91 Å². The highest BCUT2D eigenvalue weighted by Gasteiger charge is 2.47. The van der Waals surface area contributed by atoms with Gasteiger partial charge in [0.05, 0.1) is 12.2 Å². The molecule has 0 bridgehead atoms. The van der Waals surface area contributed by atoms with Crippen molar-refractivity contribution in [3.05, 3.63) is 18.0 Å². The molecule has 150 valence electrons. The summed E-state index contributed by atoms with van der Waals surface area (Å²) in [6.45, 7) is 7.51. The lowest BCUT2D eigenvalue weighted by molar-refractivity contribution is -0.134. The van der Waals surface area contributed by atoms with Crippen LogP contribution in [0.4, 0.5) is 4.79 Å². The number of ether oxygens (including phenoxy) is 1. The molecule has 7 nitrogen and oxygen atoms in total. The molecule has 1 aromatic heterocycles. The van der Waals surface area contributed by atoms with Crippen LogP contribution in [0.2, 0.25) is 0 Å². The van der Waals surface area contributed by atoms with Gasteiger partial charge >= 0.3 is 6.09 Å². The maximum Gasteiger partial charge on any atom is 0.410 e. The molecule has 3 rings (SSSR count). The Kier molecular flexibility index (Phi) is 6.39. The molecule has 0 radical (unpaired) electrons. The monoisotopic (exact) mass is 376 g/mol. The summed E-state index contributed by atoms with van der Waals surface area (Å²) < 4.78 is 7.57. The Morgan fingerprint density at radius 2 is 2.00 bits per heavy atom. The van der Waals surface area contributed by atoms with E-state index in [0.29, 0.717) is 32.6 Å². The van der Waals surface area contributed by atoms with Gasteiger partial charge in [0, 0.05) is 51.6 Å². The first-order valence-corrected chi connectivity index (χ1v) is 10.3. The standard InChI is InChI=1S/C20H32N4O3/c1-3-4-5-6-11-23-16-20(27-19(23)26)9-14-22(15-10-20)18(25)8-13-24-12-7-17(2)21-24/h7,12H,3-6,8-11,13-16H2,1-2H3. The highest BCUT2D eigenvalue weighted by Crippen LogP contribution is 2.33. The van der Waals surface area contributed by atoms with E-state index in [2.05, 4.69) is 12.0 Å². The Balaban J connectivity index is 1.42. The zero-order valence-corrected chi connectivity index (χ0v) is 16.7. The van der Waals surface area contributed by atoms with E-state index in [1.165, 1.54) is 12.8 Å². The van der Waals surface area contributed by atoms with Crippen LogP contribution in [0.3, 0.4) is 0 Å². The minimum Gasteiger partial charge on any atom is -0.441 e. The Hall–Kier alpha value is -2.05. The number of likely N-dealkylation sites (tertiary alicyclic amines) is 1. The van der Waals surface area contributed by atoms with Crippen molar-refractivity contribution in [3.63, 3.8) is 0 Å². The first-order valence-electron chi connectivity index (χ1n) is 10.3. The molecule has 0 aliphatic carbocycles. The SMILES string of the molecule is CCCCCCN1CC2(CCN(C(=O)CCn3ccc(C)n3)CC2)OC1=O. The summed E-state index contributed by atoms with van der Waals surface area (Å²) >= 11 is 0. The second-order valence-electron chi connectivity index (χ2n) is 7.88. The van der Waals surface area contributed by atoms with E-state index in [0.717, 1.165) is 37.9 Å².